The van der Waals surface area contributed by atoms with Gasteiger partial charge < -0.3 is 4.74 Å². The number of hydrogen-bond acceptors (Lipinski definition) is 5. The molecule has 3 rings (SSSR count). The van der Waals surface area contributed by atoms with Crippen molar-refractivity contribution in [3.63, 3.8) is 0 Å². The summed E-state index contributed by atoms with van der Waals surface area (Å²) in [4.78, 5) is 0. The zero-order chi connectivity index (χ0) is 16.1. The number of rotatable bonds is 6. The molecular weight excluding hydrogens is 355 g/mol. The average Bonchev–Trinajstić information content (AvgIpc) is 3.02. The van der Waals surface area contributed by atoms with Crippen molar-refractivity contribution in [2.75, 3.05) is 12.4 Å². The minimum Gasteiger partial charge on any atom is -0.493 e. The molecule has 23 heavy (non-hydrogen) atoms. The van der Waals surface area contributed by atoms with Crippen LogP contribution in [0.4, 0.5) is 0 Å². The fourth-order valence-electron chi connectivity index (χ4n) is 1.84. The van der Waals surface area contributed by atoms with E-state index in [1.807, 2.05) is 24.3 Å². The molecule has 0 fully saturated rings. The summed E-state index contributed by atoms with van der Waals surface area (Å²) in [6.45, 7) is 0.541. The molecule has 0 bridgehead atoms. The second-order valence-corrected chi connectivity index (χ2v) is 6.44. The summed E-state index contributed by atoms with van der Waals surface area (Å²) in [5.74, 6) is 1.50. The molecule has 0 unspecified atom stereocenters. The van der Waals surface area contributed by atoms with E-state index in [1.165, 1.54) is 11.8 Å². The van der Waals surface area contributed by atoms with E-state index in [-0.39, 0.29) is 0 Å². The van der Waals surface area contributed by atoms with Gasteiger partial charge in [0.1, 0.15) is 5.75 Å². The predicted octanol–water partition coefficient (Wildman–Crippen LogP) is 4.14. The quantitative estimate of drug-likeness (QED) is 0.484. The van der Waals surface area contributed by atoms with Crippen molar-refractivity contribution >= 4 is 35.0 Å². The Labute approximate surface area is 147 Å². The monoisotopic (exact) mass is 366 g/mol. The van der Waals surface area contributed by atoms with Gasteiger partial charge in [0, 0.05) is 15.8 Å². The number of halogens is 2. The molecule has 0 saturated carbocycles. The lowest BCUT2D eigenvalue weighted by molar-refractivity contribution is 0.344. The Bertz CT molecular complexity index is 762. The fourth-order valence-corrected chi connectivity index (χ4v) is 2.80. The maximum Gasteiger partial charge on any atom is 0.214 e. The maximum absolute atomic E-state index is 5.89. The lowest BCUT2D eigenvalue weighted by Crippen LogP contribution is -2.03. The molecule has 8 heteroatoms. The molecule has 2 aromatic carbocycles. The number of hydrogen-bond donors (Lipinski definition) is 0. The summed E-state index contributed by atoms with van der Waals surface area (Å²) >= 11 is 13.2. The standard InChI is InChI=1S/C15H12Cl2N4OS/c16-11-1-5-13(6-2-11)21-15(18-19-20-21)23-10-9-22-14-7-3-12(17)4-8-14/h1-8H,9-10H2. The second-order valence-electron chi connectivity index (χ2n) is 4.50. The van der Waals surface area contributed by atoms with Gasteiger partial charge in [-0.1, -0.05) is 35.0 Å². The fraction of sp³-hybridized carbons (Fsp3) is 0.133. The number of tetrazole rings is 1. The van der Waals surface area contributed by atoms with E-state index < -0.39 is 0 Å². The van der Waals surface area contributed by atoms with E-state index >= 15 is 0 Å². The van der Waals surface area contributed by atoms with Crippen LogP contribution in [-0.2, 0) is 0 Å². The topological polar surface area (TPSA) is 52.8 Å². The Morgan fingerprint density at radius 2 is 1.61 bits per heavy atom. The van der Waals surface area contributed by atoms with Crippen LogP contribution in [0.15, 0.2) is 53.7 Å². The molecule has 0 atom stereocenters. The minimum atomic E-state index is 0.541. The van der Waals surface area contributed by atoms with E-state index in [0.29, 0.717) is 21.8 Å². The SMILES string of the molecule is Clc1ccc(OCCSc2nnnn2-c2ccc(Cl)cc2)cc1. The van der Waals surface area contributed by atoms with E-state index in [2.05, 4.69) is 15.5 Å². The zero-order valence-corrected chi connectivity index (χ0v) is 14.2. The van der Waals surface area contributed by atoms with E-state index in [1.54, 1.807) is 28.9 Å². The summed E-state index contributed by atoms with van der Waals surface area (Å²) in [7, 11) is 0. The van der Waals surface area contributed by atoms with Crippen LogP contribution in [0.3, 0.4) is 0 Å². The number of aromatic nitrogens is 4. The van der Waals surface area contributed by atoms with Crippen molar-refractivity contribution in [1.29, 1.82) is 0 Å². The Kier molecular flexibility index (Phi) is 5.38. The number of nitrogens with zero attached hydrogens (tertiary/aromatic N) is 4. The van der Waals surface area contributed by atoms with Crippen molar-refractivity contribution in [3.8, 4) is 11.4 Å². The van der Waals surface area contributed by atoms with Crippen LogP contribution in [0, 0.1) is 0 Å². The highest BCUT2D eigenvalue weighted by Crippen LogP contribution is 2.20. The van der Waals surface area contributed by atoms with Crippen LogP contribution < -0.4 is 4.74 Å². The zero-order valence-electron chi connectivity index (χ0n) is 11.9. The van der Waals surface area contributed by atoms with Crippen LogP contribution in [0.25, 0.3) is 5.69 Å². The lowest BCUT2D eigenvalue weighted by Gasteiger charge is -2.06. The van der Waals surface area contributed by atoms with Crippen LogP contribution in [-0.4, -0.2) is 32.6 Å². The van der Waals surface area contributed by atoms with Gasteiger partial charge in [0.05, 0.1) is 12.3 Å². The van der Waals surface area contributed by atoms with Crippen molar-refractivity contribution in [2.45, 2.75) is 5.16 Å². The van der Waals surface area contributed by atoms with Gasteiger partial charge in [-0.2, -0.15) is 4.68 Å². The number of thioether (sulfide) groups is 1. The van der Waals surface area contributed by atoms with Crippen molar-refractivity contribution in [3.05, 3.63) is 58.6 Å². The molecule has 0 spiro atoms. The highest BCUT2D eigenvalue weighted by molar-refractivity contribution is 7.99. The highest BCUT2D eigenvalue weighted by atomic mass is 35.5. The highest BCUT2D eigenvalue weighted by Gasteiger charge is 2.08. The Morgan fingerprint density at radius 1 is 0.957 bits per heavy atom. The third-order valence-electron chi connectivity index (χ3n) is 2.91. The van der Waals surface area contributed by atoms with E-state index in [4.69, 9.17) is 27.9 Å². The molecule has 1 aromatic heterocycles. The normalized spacial score (nSPS) is 10.7. The van der Waals surface area contributed by atoms with E-state index in [0.717, 1.165) is 17.2 Å². The van der Waals surface area contributed by atoms with Crippen molar-refractivity contribution < 1.29 is 4.74 Å². The largest absolute Gasteiger partial charge is 0.493 e. The first kappa shape index (κ1) is 16.1. The first-order valence-corrected chi connectivity index (χ1v) is 8.52. The molecule has 0 aliphatic rings. The molecule has 0 radical (unpaired) electrons. The maximum atomic E-state index is 5.89. The van der Waals surface area contributed by atoms with Gasteiger partial charge in [0.2, 0.25) is 5.16 Å². The molecular formula is C15H12Cl2N4OS. The minimum absolute atomic E-state index is 0.541. The Hall–Kier alpha value is -1.76. The van der Waals surface area contributed by atoms with Crippen molar-refractivity contribution in [2.24, 2.45) is 0 Å². The van der Waals surface area contributed by atoms with Gasteiger partial charge in [-0.25, -0.2) is 0 Å². The summed E-state index contributed by atoms with van der Waals surface area (Å²) in [5.41, 5.74) is 0.862. The third kappa shape index (κ3) is 4.37. The number of ether oxygens (including phenoxy) is 1. The molecule has 0 N–H and O–H groups in total. The molecule has 0 aliphatic heterocycles. The van der Waals surface area contributed by atoms with Gasteiger partial charge in [0.15, 0.2) is 0 Å². The molecule has 118 valence electrons. The molecule has 5 nitrogen and oxygen atoms in total. The molecule has 1 heterocycles. The summed E-state index contributed by atoms with van der Waals surface area (Å²) in [5, 5.41) is 13.8. The van der Waals surface area contributed by atoms with Crippen LogP contribution in [0.2, 0.25) is 10.0 Å². The van der Waals surface area contributed by atoms with Gasteiger partial charge in [-0.3, -0.25) is 0 Å². The van der Waals surface area contributed by atoms with Gasteiger partial charge >= 0.3 is 0 Å². The van der Waals surface area contributed by atoms with Crippen LogP contribution >= 0.6 is 35.0 Å². The van der Waals surface area contributed by atoms with Gasteiger partial charge in [-0.15, -0.1) is 5.10 Å². The van der Waals surface area contributed by atoms with Crippen LogP contribution in [0.1, 0.15) is 0 Å². The summed E-state index contributed by atoms with van der Waals surface area (Å²) in [6.07, 6.45) is 0. The first-order valence-electron chi connectivity index (χ1n) is 6.78. The second kappa shape index (κ2) is 7.68. The smallest absolute Gasteiger partial charge is 0.214 e. The number of benzene rings is 2. The third-order valence-corrected chi connectivity index (χ3v) is 4.30. The predicted molar refractivity (Wildman–Crippen MR) is 91.8 cm³/mol. The van der Waals surface area contributed by atoms with Gasteiger partial charge in [-0.05, 0) is 59.0 Å². The molecule has 3 aromatic rings. The van der Waals surface area contributed by atoms with E-state index in [9.17, 15) is 0 Å². The lowest BCUT2D eigenvalue weighted by atomic mass is 10.3. The first-order chi connectivity index (χ1) is 11.2. The molecule has 0 amide bonds. The average molecular weight is 367 g/mol. The molecule has 0 saturated heterocycles. The summed E-state index contributed by atoms with van der Waals surface area (Å²) in [6, 6.07) is 14.6. The Morgan fingerprint density at radius 3 is 2.30 bits per heavy atom. The van der Waals surface area contributed by atoms with Crippen molar-refractivity contribution in [1.82, 2.24) is 20.2 Å². The van der Waals surface area contributed by atoms with Crippen LogP contribution in [0.5, 0.6) is 5.75 Å². The Balaban J connectivity index is 1.56. The summed E-state index contributed by atoms with van der Waals surface area (Å²) < 4.78 is 7.32. The van der Waals surface area contributed by atoms with Gasteiger partial charge in [0.25, 0.3) is 0 Å². The molecule has 0 aliphatic carbocycles.